The Morgan fingerprint density at radius 1 is 1.33 bits per heavy atom. The molecule has 1 aromatic rings. The van der Waals surface area contributed by atoms with E-state index in [1.807, 2.05) is 32.0 Å². The molecule has 1 fully saturated rings. The van der Waals surface area contributed by atoms with E-state index in [0.717, 1.165) is 17.5 Å². The number of benzene rings is 1. The van der Waals surface area contributed by atoms with Gasteiger partial charge in [0.05, 0.1) is 5.92 Å². The Kier molecular flexibility index (Phi) is 4.83. The summed E-state index contributed by atoms with van der Waals surface area (Å²) in [7, 11) is 0. The summed E-state index contributed by atoms with van der Waals surface area (Å²) in [6, 6.07) is 5.54. The molecule has 5 nitrogen and oxygen atoms in total. The van der Waals surface area contributed by atoms with Crippen molar-refractivity contribution in [1.29, 1.82) is 0 Å². The zero-order chi connectivity index (χ0) is 15.4. The molecule has 0 radical (unpaired) electrons. The van der Waals surface area contributed by atoms with Crippen molar-refractivity contribution in [3.8, 4) is 5.75 Å². The van der Waals surface area contributed by atoms with Crippen LogP contribution in [0.1, 0.15) is 30.4 Å². The van der Waals surface area contributed by atoms with Crippen molar-refractivity contribution in [2.45, 2.75) is 39.2 Å². The molecule has 0 saturated heterocycles. The van der Waals surface area contributed by atoms with Crippen LogP contribution in [0.2, 0.25) is 0 Å². The van der Waals surface area contributed by atoms with Gasteiger partial charge in [-0.1, -0.05) is 18.6 Å². The number of hydrogen-bond donors (Lipinski definition) is 2. The van der Waals surface area contributed by atoms with E-state index in [2.05, 4.69) is 5.32 Å². The minimum atomic E-state index is -0.840. The number of carboxylic acid groups (broad SMARTS) is 1. The van der Waals surface area contributed by atoms with Crippen LogP contribution < -0.4 is 10.1 Å². The fourth-order valence-electron chi connectivity index (χ4n) is 2.68. The average Bonchev–Trinajstić information content (AvgIpc) is 2.88. The van der Waals surface area contributed by atoms with E-state index in [1.54, 1.807) is 0 Å². The molecule has 2 N–H and O–H groups in total. The van der Waals surface area contributed by atoms with Crippen LogP contribution in [0.4, 0.5) is 0 Å². The first-order chi connectivity index (χ1) is 9.97. The summed E-state index contributed by atoms with van der Waals surface area (Å²) >= 11 is 0. The maximum Gasteiger partial charge on any atom is 0.308 e. The van der Waals surface area contributed by atoms with Gasteiger partial charge in [0, 0.05) is 6.04 Å². The SMILES string of the molecule is Cc1ccc(C)c(OCC(=O)NC2CCCC2C(=O)O)c1. The largest absolute Gasteiger partial charge is 0.483 e. The second-order valence-corrected chi connectivity index (χ2v) is 5.61. The summed E-state index contributed by atoms with van der Waals surface area (Å²) in [6.07, 6.45) is 2.17. The van der Waals surface area contributed by atoms with Crippen LogP contribution in [-0.4, -0.2) is 29.6 Å². The van der Waals surface area contributed by atoms with Gasteiger partial charge in [-0.25, -0.2) is 0 Å². The standard InChI is InChI=1S/C16H21NO4/c1-10-6-7-11(2)14(8-10)21-9-15(18)17-13-5-3-4-12(13)16(19)20/h6-8,12-13H,3-5,9H2,1-2H3,(H,17,18)(H,19,20). The van der Waals surface area contributed by atoms with Gasteiger partial charge >= 0.3 is 5.97 Å². The molecular weight excluding hydrogens is 270 g/mol. The second-order valence-electron chi connectivity index (χ2n) is 5.61. The van der Waals surface area contributed by atoms with Crippen molar-refractivity contribution in [1.82, 2.24) is 5.32 Å². The van der Waals surface area contributed by atoms with Gasteiger partial charge in [0.25, 0.3) is 5.91 Å². The number of hydrogen-bond acceptors (Lipinski definition) is 3. The molecule has 1 aromatic carbocycles. The quantitative estimate of drug-likeness (QED) is 0.870. The summed E-state index contributed by atoms with van der Waals surface area (Å²) < 4.78 is 5.53. The average molecular weight is 291 g/mol. The molecule has 2 unspecified atom stereocenters. The number of aliphatic carboxylic acids is 1. The Hall–Kier alpha value is -2.04. The normalized spacial score (nSPS) is 21.0. The summed E-state index contributed by atoms with van der Waals surface area (Å²) in [5, 5.41) is 11.9. The van der Waals surface area contributed by atoms with Crippen molar-refractivity contribution in [2.75, 3.05) is 6.61 Å². The lowest BCUT2D eigenvalue weighted by molar-refractivity contribution is -0.142. The van der Waals surface area contributed by atoms with E-state index >= 15 is 0 Å². The molecule has 114 valence electrons. The van der Waals surface area contributed by atoms with Crippen LogP contribution in [0.15, 0.2) is 18.2 Å². The molecule has 1 aliphatic carbocycles. The number of ether oxygens (including phenoxy) is 1. The molecular formula is C16H21NO4. The third kappa shape index (κ3) is 3.97. The third-order valence-electron chi connectivity index (χ3n) is 3.88. The minimum Gasteiger partial charge on any atom is -0.483 e. The molecule has 0 spiro atoms. The number of aryl methyl sites for hydroxylation is 2. The molecule has 1 aliphatic rings. The van der Waals surface area contributed by atoms with Crippen LogP contribution in [0, 0.1) is 19.8 Å². The predicted octanol–water partition coefficient (Wildman–Crippen LogP) is 2.05. The lowest BCUT2D eigenvalue weighted by Gasteiger charge is -2.18. The van der Waals surface area contributed by atoms with E-state index in [-0.39, 0.29) is 18.6 Å². The summed E-state index contributed by atoms with van der Waals surface area (Å²) in [5.74, 6) is -0.900. The molecule has 1 saturated carbocycles. The number of amides is 1. The molecule has 1 amide bonds. The van der Waals surface area contributed by atoms with Gasteiger partial charge in [-0.05, 0) is 43.9 Å². The van der Waals surface area contributed by atoms with Gasteiger partial charge < -0.3 is 15.2 Å². The monoisotopic (exact) mass is 291 g/mol. The highest BCUT2D eigenvalue weighted by atomic mass is 16.5. The van der Waals surface area contributed by atoms with E-state index in [4.69, 9.17) is 9.84 Å². The van der Waals surface area contributed by atoms with Crippen LogP contribution in [0.25, 0.3) is 0 Å². The van der Waals surface area contributed by atoms with E-state index in [0.29, 0.717) is 18.6 Å². The maximum absolute atomic E-state index is 11.9. The first-order valence-corrected chi connectivity index (χ1v) is 7.19. The fourth-order valence-corrected chi connectivity index (χ4v) is 2.68. The zero-order valence-electron chi connectivity index (χ0n) is 12.4. The van der Waals surface area contributed by atoms with Crippen molar-refractivity contribution in [3.63, 3.8) is 0 Å². The van der Waals surface area contributed by atoms with Gasteiger partial charge in [-0.2, -0.15) is 0 Å². The van der Waals surface area contributed by atoms with Crippen molar-refractivity contribution in [3.05, 3.63) is 29.3 Å². The lowest BCUT2D eigenvalue weighted by atomic mass is 10.0. The molecule has 5 heteroatoms. The fraction of sp³-hybridized carbons (Fsp3) is 0.500. The Morgan fingerprint density at radius 3 is 2.81 bits per heavy atom. The molecule has 0 aromatic heterocycles. The third-order valence-corrected chi connectivity index (χ3v) is 3.88. The van der Waals surface area contributed by atoms with E-state index < -0.39 is 11.9 Å². The van der Waals surface area contributed by atoms with Gasteiger partial charge in [0.1, 0.15) is 5.75 Å². The minimum absolute atomic E-state index is 0.0901. The first-order valence-electron chi connectivity index (χ1n) is 7.19. The molecule has 0 heterocycles. The summed E-state index contributed by atoms with van der Waals surface area (Å²) in [6.45, 7) is 3.79. The summed E-state index contributed by atoms with van der Waals surface area (Å²) in [5.41, 5.74) is 2.04. The molecule has 2 rings (SSSR count). The Balaban J connectivity index is 1.87. The highest BCUT2D eigenvalue weighted by Crippen LogP contribution is 2.25. The van der Waals surface area contributed by atoms with Crippen LogP contribution in [0.3, 0.4) is 0 Å². The Bertz CT molecular complexity index is 541. The van der Waals surface area contributed by atoms with Crippen molar-refractivity contribution < 1.29 is 19.4 Å². The van der Waals surface area contributed by atoms with Crippen molar-refractivity contribution in [2.24, 2.45) is 5.92 Å². The highest BCUT2D eigenvalue weighted by molar-refractivity contribution is 5.79. The smallest absolute Gasteiger partial charge is 0.308 e. The van der Waals surface area contributed by atoms with Gasteiger partial charge in [0.2, 0.25) is 0 Å². The number of rotatable bonds is 5. The topological polar surface area (TPSA) is 75.6 Å². The van der Waals surface area contributed by atoms with Gasteiger partial charge in [0.15, 0.2) is 6.61 Å². The number of carboxylic acids is 1. The van der Waals surface area contributed by atoms with Crippen molar-refractivity contribution >= 4 is 11.9 Å². The highest BCUT2D eigenvalue weighted by Gasteiger charge is 2.33. The molecule has 21 heavy (non-hydrogen) atoms. The molecule has 0 bridgehead atoms. The predicted molar refractivity (Wildman–Crippen MR) is 78.3 cm³/mol. The van der Waals surface area contributed by atoms with E-state index in [9.17, 15) is 9.59 Å². The van der Waals surface area contributed by atoms with E-state index in [1.165, 1.54) is 0 Å². The molecule has 2 atom stereocenters. The molecule has 0 aliphatic heterocycles. The second kappa shape index (κ2) is 6.61. The number of nitrogens with one attached hydrogen (secondary N) is 1. The zero-order valence-corrected chi connectivity index (χ0v) is 12.4. The maximum atomic E-state index is 11.9. The first kappa shape index (κ1) is 15.4. The van der Waals surface area contributed by atoms with Crippen LogP contribution in [0.5, 0.6) is 5.75 Å². The Labute approximate surface area is 124 Å². The summed E-state index contributed by atoms with van der Waals surface area (Å²) in [4.78, 5) is 23.0. The van der Waals surface area contributed by atoms with Crippen LogP contribution >= 0.6 is 0 Å². The van der Waals surface area contributed by atoms with Gasteiger partial charge in [-0.3, -0.25) is 9.59 Å². The Morgan fingerprint density at radius 2 is 2.10 bits per heavy atom. The number of carbonyl (C=O) groups is 2. The number of carbonyl (C=O) groups excluding carboxylic acids is 1. The van der Waals surface area contributed by atoms with Crippen LogP contribution in [-0.2, 0) is 9.59 Å². The lowest BCUT2D eigenvalue weighted by Crippen LogP contribution is -2.42. The van der Waals surface area contributed by atoms with Gasteiger partial charge in [-0.15, -0.1) is 0 Å².